The van der Waals surface area contributed by atoms with E-state index in [2.05, 4.69) is 36.8 Å². The van der Waals surface area contributed by atoms with E-state index >= 15 is 0 Å². The second kappa shape index (κ2) is 6.31. The first-order chi connectivity index (χ1) is 9.52. The largest absolute Gasteiger partial charge is 0.320 e. The molecule has 2 N–H and O–H groups in total. The molecule has 104 valence electrons. The van der Waals surface area contributed by atoms with Gasteiger partial charge in [0, 0.05) is 32.2 Å². The van der Waals surface area contributed by atoms with Gasteiger partial charge in [-0.3, -0.25) is 10.1 Å². The summed E-state index contributed by atoms with van der Waals surface area (Å²) in [7, 11) is 0. The Kier molecular flexibility index (Phi) is 4.71. The van der Waals surface area contributed by atoms with Crippen LogP contribution in [0.5, 0.6) is 5.75 Å². The fraction of sp³-hybridized carbons (Fsp3) is 0. The molecule has 0 aliphatic rings. The van der Waals surface area contributed by atoms with Crippen molar-refractivity contribution in [1.82, 2.24) is 0 Å². The van der Waals surface area contributed by atoms with Crippen molar-refractivity contribution in [2.75, 3.05) is 0 Å². The fourth-order valence-corrected chi connectivity index (χ4v) is 2.57. The van der Waals surface area contributed by atoms with Gasteiger partial charge in [0.2, 0.25) is 0 Å². The first-order valence-corrected chi connectivity index (χ1v) is 6.89. The van der Waals surface area contributed by atoms with E-state index in [4.69, 9.17) is 10.8 Å². The van der Waals surface area contributed by atoms with E-state index in [9.17, 15) is 10.1 Å². The van der Waals surface area contributed by atoms with Gasteiger partial charge in [-0.15, -0.1) is 0 Å². The lowest BCUT2D eigenvalue weighted by Crippen LogP contribution is -2.03. The summed E-state index contributed by atoms with van der Waals surface area (Å²) in [6.07, 6.45) is 0. The zero-order valence-corrected chi connectivity index (χ0v) is 13.0. The van der Waals surface area contributed by atoms with Crippen molar-refractivity contribution < 1.29 is 14.8 Å². The van der Waals surface area contributed by atoms with E-state index in [0.29, 0.717) is 16.9 Å². The topological polar surface area (TPSA) is 87.6 Å². The van der Waals surface area contributed by atoms with Crippen molar-refractivity contribution in [3.63, 3.8) is 0 Å². The molecular weight excluding hydrogens is 396 g/mol. The zero-order valence-electron chi connectivity index (χ0n) is 9.88. The van der Waals surface area contributed by atoms with Crippen LogP contribution in [0, 0.1) is 10.1 Å². The summed E-state index contributed by atoms with van der Waals surface area (Å²) < 4.78 is 1.47. The van der Waals surface area contributed by atoms with Gasteiger partial charge in [-0.1, -0.05) is 36.8 Å². The minimum absolute atomic E-state index is 0.00324. The molecular formula is C12H8Br2N2O4. The van der Waals surface area contributed by atoms with Crippen LogP contribution < -0.4 is 10.8 Å². The molecule has 2 aromatic carbocycles. The summed E-state index contributed by atoms with van der Waals surface area (Å²) in [5.74, 6) is 5.23. The van der Waals surface area contributed by atoms with Crippen molar-refractivity contribution in [3.05, 3.63) is 55.5 Å². The van der Waals surface area contributed by atoms with Crippen LogP contribution in [-0.4, -0.2) is 4.92 Å². The number of hydrogen-bond acceptors (Lipinski definition) is 5. The number of nitrogens with zero attached hydrogens (tertiary/aromatic N) is 1. The summed E-state index contributed by atoms with van der Waals surface area (Å²) in [6.45, 7) is 0. The van der Waals surface area contributed by atoms with Crippen molar-refractivity contribution in [2.24, 2.45) is 5.90 Å². The van der Waals surface area contributed by atoms with Gasteiger partial charge in [-0.05, 0) is 24.3 Å². The first kappa shape index (κ1) is 14.9. The number of halogens is 2. The number of rotatable bonds is 4. The maximum Gasteiger partial charge on any atom is 0.270 e. The van der Waals surface area contributed by atoms with Crippen molar-refractivity contribution >= 4 is 37.5 Å². The minimum Gasteiger partial charge on any atom is -0.320 e. The molecule has 0 saturated heterocycles. The molecule has 20 heavy (non-hydrogen) atoms. The summed E-state index contributed by atoms with van der Waals surface area (Å²) >= 11 is 6.77. The number of nitro groups is 1. The Morgan fingerprint density at radius 3 is 2.25 bits per heavy atom. The van der Waals surface area contributed by atoms with Gasteiger partial charge in [0.05, 0.1) is 4.92 Å². The third-order valence-corrected chi connectivity index (χ3v) is 3.92. The van der Waals surface area contributed by atoms with Crippen LogP contribution in [0.3, 0.4) is 0 Å². The Morgan fingerprint density at radius 2 is 1.65 bits per heavy atom. The van der Waals surface area contributed by atoms with E-state index in [1.807, 2.05) is 0 Å². The summed E-state index contributed by atoms with van der Waals surface area (Å²) in [4.78, 5) is 19.3. The highest BCUT2D eigenvalue weighted by molar-refractivity contribution is 9.11. The predicted molar refractivity (Wildman–Crippen MR) is 79.8 cm³/mol. The number of hydrogen-bond donors (Lipinski definition) is 1. The molecule has 8 heteroatoms. The molecule has 6 nitrogen and oxygen atoms in total. The van der Waals surface area contributed by atoms with Gasteiger partial charge >= 0.3 is 0 Å². The van der Waals surface area contributed by atoms with E-state index < -0.39 is 4.92 Å². The normalized spacial score (nSPS) is 10.3. The Hall–Kier alpha value is -1.48. The molecule has 2 rings (SSSR count). The van der Waals surface area contributed by atoms with E-state index in [1.54, 1.807) is 24.3 Å². The van der Waals surface area contributed by atoms with Crippen LogP contribution in [0.4, 0.5) is 5.69 Å². The molecule has 0 spiro atoms. The zero-order chi connectivity index (χ0) is 14.7. The number of nitrogens with two attached hydrogens (primary N) is 1. The lowest BCUT2D eigenvalue weighted by Gasteiger charge is -2.09. The second-order valence-electron chi connectivity index (χ2n) is 3.74. The van der Waals surface area contributed by atoms with Crippen LogP contribution >= 0.6 is 31.9 Å². The Bertz CT molecular complexity index is 664. The fourth-order valence-electron chi connectivity index (χ4n) is 1.65. The number of non-ortho nitro benzene ring substituents is 1. The molecule has 2 aromatic rings. The molecule has 0 radical (unpaired) electrons. The van der Waals surface area contributed by atoms with Crippen LogP contribution in [0.1, 0.15) is 0 Å². The average Bonchev–Trinajstić information content (AvgIpc) is 2.42. The van der Waals surface area contributed by atoms with Crippen LogP contribution in [0.25, 0.3) is 11.1 Å². The maximum atomic E-state index is 10.9. The molecule has 0 heterocycles. The van der Waals surface area contributed by atoms with Crippen LogP contribution in [-0.2, 0) is 4.99 Å². The van der Waals surface area contributed by atoms with Gasteiger partial charge in [-0.25, -0.2) is 0 Å². The van der Waals surface area contributed by atoms with Crippen LogP contribution in [0.15, 0.2) is 45.3 Å². The highest BCUT2D eigenvalue weighted by Crippen LogP contribution is 2.37. The van der Waals surface area contributed by atoms with Gasteiger partial charge in [0.25, 0.3) is 5.69 Å². The Morgan fingerprint density at radius 1 is 1.05 bits per heavy atom. The van der Waals surface area contributed by atoms with E-state index in [-0.39, 0.29) is 5.69 Å². The van der Waals surface area contributed by atoms with Crippen molar-refractivity contribution in [3.8, 4) is 16.9 Å². The lowest BCUT2D eigenvalue weighted by atomic mass is 10.0. The lowest BCUT2D eigenvalue weighted by molar-refractivity contribution is -0.384. The molecule has 0 fully saturated rings. The van der Waals surface area contributed by atoms with Gasteiger partial charge in [-0.2, -0.15) is 5.90 Å². The molecule has 0 aliphatic carbocycles. The Labute approximate surface area is 130 Å². The molecule has 0 unspecified atom stereocenters. The Balaban J connectivity index is 2.57. The quantitative estimate of drug-likeness (QED) is 0.474. The molecule has 0 aromatic heterocycles. The van der Waals surface area contributed by atoms with E-state index in [0.717, 1.165) is 8.95 Å². The number of benzene rings is 2. The standard InChI is InChI=1S/C12H8Br2N2O4/c13-11-3-1-7(16(17)18)5-9(11)10-6-8(19-20-15)2-4-12(10)14/h1-6H,15H2. The van der Waals surface area contributed by atoms with Crippen molar-refractivity contribution in [1.29, 1.82) is 0 Å². The van der Waals surface area contributed by atoms with Crippen molar-refractivity contribution in [2.45, 2.75) is 0 Å². The average molecular weight is 404 g/mol. The predicted octanol–water partition coefficient (Wildman–Crippen LogP) is 3.97. The van der Waals surface area contributed by atoms with Gasteiger partial charge < -0.3 is 4.89 Å². The van der Waals surface area contributed by atoms with Gasteiger partial charge in [0.15, 0.2) is 5.75 Å². The third-order valence-electron chi connectivity index (χ3n) is 2.53. The minimum atomic E-state index is -0.451. The monoisotopic (exact) mass is 402 g/mol. The molecule has 0 amide bonds. The maximum absolute atomic E-state index is 10.9. The molecule has 0 bridgehead atoms. The third kappa shape index (κ3) is 3.15. The van der Waals surface area contributed by atoms with E-state index in [1.165, 1.54) is 12.1 Å². The molecule has 0 aliphatic heterocycles. The summed E-state index contributed by atoms with van der Waals surface area (Å²) in [5.41, 5.74) is 1.35. The highest BCUT2D eigenvalue weighted by Gasteiger charge is 2.14. The SMILES string of the molecule is NOOc1ccc(Br)c(-c2cc([N+](=O)[O-])ccc2Br)c1. The smallest absolute Gasteiger partial charge is 0.270 e. The van der Waals surface area contributed by atoms with Gasteiger partial charge in [0.1, 0.15) is 0 Å². The first-order valence-electron chi connectivity index (χ1n) is 5.30. The second-order valence-corrected chi connectivity index (χ2v) is 5.45. The molecule has 0 saturated carbocycles. The highest BCUT2D eigenvalue weighted by atomic mass is 79.9. The molecule has 0 atom stereocenters. The number of nitro benzene ring substituents is 1. The summed E-state index contributed by atoms with van der Waals surface area (Å²) in [6, 6.07) is 9.54. The summed E-state index contributed by atoms with van der Waals surface area (Å²) in [5, 5.41) is 10.9. The van der Waals surface area contributed by atoms with Crippen LogP contribution in [0.2, 0.25) is 0 Å².